The van der Waals surface area contributed by atoms with E-state index in [1.54, 1.807) is 0 Å². The van der Waals surface area contributed by atoms with Gasteiger partial charge in [0.1, 0.15) is 0 Å². The molecule has 0 spiro atoms. The Morgan fingerprint density at radius 3 is 2.58 bits per heavy atom. The number of hydrogen-bond donors (Lipinski definition) is 1. The molecule has 1 saturated carbocycles. The van der Waals surface area contributed by atoms with E-state index < -0.39 is 0 Å². The first kappa shape index (κ1) is 16.5. The van der Waals surface area contributed by atoms with Gasteiger partial charge in [0.15, 0.2) is 0 Å². The van der Waals surface area contributed by atoms with E-state index in [4.69, 9.17) is 4.74 Å². The van der Waals surface area contributed by atoms with Crippen molar-refractivity contribution in [1.82, 2.24) is 0 Å². The maximum atomic E-state index is 11.9. The van der Waals surface area contributed by atoms with Crippen LogP contribution in [-0.4, -0.2) is 23.8 Å². The molecule has 0 aromatic rings. The standard InChI is InChI=1S/C16H30O3/c1-4-13(5-2)9-12(3)16(18)19-11-14-7-6-8-15(17)10-14/h12-15,17H,4-11H2,1-3H3. The van der Waals surface area contributed by atoms with E-state index in [0.29, 0.717) is 18.4 Å². The molecule has 0 aliphatic heterocycles. The number of esters is 1. The molecule has 19 heavy (non-hydrogen) atoms. The first-order valence-corrected chi connectivity index (χ1v) is 7.91. The molecular weight excluding hydrogens is 240 g/mol. The van der Waals surface area contributed by atoms with Gasteiger partial charge in [0.2, 0.25) is 0 Å². The number of aliphatic hydroxyl groups excluding tert-OH is 1. The van der Waals surface area contributed by atoms with Crippen LogP contribution >= 0.6 is 0 Å². The van der Waals surface area contributed by atoms with E-state index >= 15 is 0 Å². The number of ether oxygens (including phenoxy) is 1. The molecule has 0 amide bonds. The number of rotatable bonds is 7. The number of hydrogen-bond acceptors (Lipinski definition) is 3. The van der Waals surface area contributed by atoms with Crippen LogP contribution in [0.4, 0.5) is 0 Å². The van der Waals surface area contributed by atoms with Crippen LogP contribution < -0.4 is 0 Å². The molecule has 0 aromatic carbocycles. The van der Waals surface area contributed by atoms with E-state index in [0.717, 1.165) is 44.9 Å². The van der Waals surface area contributed by atoms with Gasteiger partial charge in [0.25, 0.3) is 0 Å². The van der Waals surface area contributed by atoms with Crippen LogP contribution in [0.25, 0.3) is 0 Å². The summed E-state index contributed by atoms with van der Waals surface area (Å²) in [6.45, 7) is 6.81. The summed E-state index contributed by atoms with van der Waals surface area (Å²) in [4.78, 5) is 11.9. The van der Waals surface area contributed by atoms with E-state index in [9.17, 15) is 9.90 Å². The van der Waals surface area contributed by atoms with Crippen molar-refractivity contribution in [1.29, 1.82) is 0 Å². The predicted octanol–water partition coefficient (Wildman–Crippen LogP) is 3.54. The van der Waals surface area contributed by atoms with Crippen LogP contribution in [-0.2, 0) is 9.53 Å². The van der Waals surface area contributed by atoms with Gasteiger partial charge in [-0.1, -0.05) is 40.0 Å². The Bertz CT molecular complexity index is 261. The Hall–Kier alpha value is -0.570. The second-order valence-electron chi connectivity index (χ2n) is 6.14. The third-order valence-electron chi connectivity index (χ3n) is 4.46. The molecule has 0 saturated heterocycles. The first-order chi connectivity index (χ1) is 9.06. The van der Waals surface area contributed by atoms with Crippen LogP contribution in [0.15, 0.2) is 0 Å². The summed E-state index contributed by atoms with van der Waals surface area (Å²) < 4.78 is 5.43. The van der Waals surface area contributed by atoms with Gasteiger partial charge >= 0.3 is 5.97 Å². The van der Waals surface area contributed by atoms with Crippen LogP contribution in [0.1, 0.15) is 65.7 Å². The van der Waals surface area contributed by atoms with Crippen molar-refractivity contribution in [3.8, 4) is 0 Å². The molecule has 0 bridgehead atoms. The summed E-state index contributed by atoms with van der Waals surface area (Å²) in [5.41, 5.74) is 0. The zero-order valence-electron chi connectivity index (χ0n) is 12.7. The predicted molar refractivity (Wildman–Crippen MR) is 76.8 cm³/mol. The molecule has 0 heterocycles. The Balaban J connectivity index is 2.26. The second kappa shape index (κ2) is 8.57. The summed E-state index contributed by atoms with van der Waals surface area (Å²) in [7, 11) is 0. The Morgan fingerprint density at radius 2 is 2.00 bits per heavy atom. The van der Waals surface area contributed by atoms with Crippen molar-refractivity contribution in [3.05, 3.63) is 0 Å². The SMILES string of the molecule is CCC(CC)CC(C)C(=O)OCC1CCCC(O)C1. The number of carbonyl (C=O) groups is 1. The van der Waals surface area contributed by atoms with Gasteiger partial charge in [-0.3, -0.25) is 4.79 Å². The largest absolute Gasteiger partial charge is 0.465 e. The lowest BCUT2D eigenvalue weighted by molar-refractivity contribution is -0.150. The lowest BCUT2D eigenvalue weighted by Crippen LogP contribution is -2.26. The summed E-state index contributed by atoms with van der Waals surface area (Å²) in [5, 5.41) is 9.60. The zero-order chi connectivity index (χ0) is 14.3. The van der Waals surface area contributed by atoms with Gasteiger partial charge in [-0.05, 0) is 37.5 Å². The van der Waals surface area contributed by atoms with Crippen molar-refractivity contribution in [2.75, 3.05) is 6.61 Å². The Morgan fingerprint density at radius 1 is 1.32 bits per heavy atom. The minimum atomic E-state index is -0.195. The van der Waals surface area contributed by atoms with Gasteiger partial charge < -0.3 is 9.84 Å². The molecular formula is C16H30O3. The molecule has 3 heteroatoms. The number of aliphatic hydroxyl groups is 1. The first-order valence-electron chi connectivity index (χ1n) is 7.91. The average Bonchev–Trinajstić information content (AvgIpc) is 2.41. The zero-order valence-corrected chi connectivity index (χ0v) is 12.7. The van der Waals surface area contributed by atoms with Gasteiger partial charge in [-0.2, -0.15) is 0 Å². The van der Waals surface area contributed by atoms with Crippen LogP contribution in [0.3, 0.4) is 0 Å². The monoisotopic (exact) mass is 270 g/mol. The van der Waals surface area contributed by atoms with Crippen molar-refractivity contribution in [3.63, 3.8) is 0 Å². The Kier molecular flexibility index (Phi) is 7.44. The van der Waals surface area contributed by atoms with Crippen molar-refractivity contribution < 1.29 is 14.6 Å². The fourth-order valence-corrected chi connectivity index (χ4v) is 2.97. The van der Waals surface area contributed by atoms with Crippen LogP contribution in [0, 0.1) is 17.8 Å². The summed E-state index contributed by atoms with van der Waals surface area (Å²) >= 11 is 0. The van der Waals surface area contributed by atoms with Crippen molar-refractivity contribution in [2.24, 2.45) is 17.8 Å². The van der Waals surface area contributed by atoms with Crippen molar-refractivity contribution >= 4 is 5.97 Å². The summed E-state index contributed by atoms with van der Waals surface area (Å²) in [6.07, 6.45) is 6.80. The fraction of sp³-hybridized carbons (Fsp3) is 0.938. The van der Waals surface area contributed by atoms with Crippen molar-refractivity contribution in [2.45, 2.75) is 71.8 Å². The normalized spacial score (nSPS) is 25.3. The molecule has 3 unspecified atom stereocenters. The second-order valence-corrected chi connectivity index (χ2v) is 6.14. The molecule has 3 nitrogen and oxygen atoms in total. The van der Waals surface area contributed by atoms with E-state index in [-0.39, 0.29) is 18.0 Å². The lowest BCUT2D eigenvalue weighted by Gasteiger charge is -2.26. The highest BCUT2D eigenvalue weighted by Gasteiger charge is 2.23. The third-order valence-corrected chi connectivity index (χ3v) is 4.46. The van der Waals surface area contributed by atoms with E-state index in [1.165, 1.54) is 0 Å². The molecule has 0 aromatic heterocycles. The molecule has 112 valence electrons. The summed E-state index contributed by atoms with van der Waals surface area (Å²) in [6, 6.07) is 0. The molecule has 1 N–H and O–H groups in total. The average molecular weight is 270 g/mol. The van der Waals surface area contributed by atoms with Gasteiger partial charge in [-0.25, -0.2) is 0 Å². The van der Waals surface area contributed by atoms with Gasteiger partial charge in [-0.15, -0.1) is 0 Å². The van der Waals surface area contributed by atoms with Crippen LogP contribution in [0.5, 0.6) is 0 Å². The molecule has 1 aliphatic rings. The minimum absolute atomic E-state index is 0.00147. The van der Waals surface area contributed by atoms with E-state index in [2.05, 4.69) is 13.8 Å². The Labute approximate surface area is 117 Å². The van der Waals surface area contributed by atoms with Gasteiger partial charge in [0.05, 0.1) is 18.6 Å². The van der Waals surface area contributed by atoms with Gasteiger partial charge in [0, 0.05) is 0 Å². The topological polar surface area (TPSA) is 46.5 Å². The highest BCUT2D eigenvalue weighted by molar-refractivity contribution is 5.71. The highest BCUT2D eigenvalue weighted by Crippen LogP contribution is 2.25. The van der Waals surface area contributed by atoms with E-state index in [1.807, 2.05) is 6.92 Å². The maximum absolute atomic E-state index is 11.9. The molecule has 1 aliphatic carbocycles. The molecule has 3 atom stereocenters. The summed E-state index contributed by atoms with van der Waals surface area (Å²) in [5.74, 6) is 0.914. The quantitative estimate of drug-likeness (QED) is 0.720. The third kappa shape index (κ3) is 5.94. The highest BCUT2D eigenvalue weighted by atomic mass is 16.5. The molecule has 0 radical (unpaired) electrons. The minimum Gasteiger partial charge on any atom is -0.465 e. The number of carbonyl (C=O) groups excluding carboxylic acids is 1. The fourth-order valence-electron chi connectivity index (χ4n) is 2.97. The molecule has 1 fully saturated rings. The van der Waals surface area contributed by atoms with Crippen LogP contribution in [0.2, 0.25) is 0 Å². The smallest absolute Gasteiger partial charge is 0.308 e. The maximum Gasteiger partial charge on any atom is 0.308 e. The molecule has 1 rings (SSSR count). The lowest BCUT2D eigenvalue weighted by atomic mass is 9.88.